The summed E-state index contributed by atoms with van der Waals surface area (Å²) >= 11 is 0. The van der Waals surface area contributed by atoms with E-state index in [9.17, 15) is 9.59 Å². The van der Waals surface area contributed by atoms with Gasteiger partial charge in [0.25, 0.3) is 0 Å². The number of unbranched alkanes of at least 4 members (excludes halogenated alkanes) is 1. The van der Waals surface area contributed by atoms with Gasteiger partial charge in [-0.1, -0.05) is 18.6 Å². The fourth-order valence-corrected chi connectivity index (χ4v) is 4.30. The first-order chi connectivity index (χ1) is 13.1. The molecule has 3 saturated heterocycles. The number of amides is 2. The van der Waals surface area contributed by atoms with Crippen molar-refractivity contribution >= 4 is 11.8 Å². The summed E-state index contributed by atoms with van der Waals surface area (Å²) in [5, 5.41) is 14.2. The van der Waals surface area contributed by atoms with E-state index in [1.54, 1.807) is 0 Å². The van der Waals surface area contributed by atoms with E-state index in [-0.39, 0.29) is 17.7 Å². The molecule has 0 aromatic carbocycles. The van der Waals surface area contributed by atoms with Crippen molar-refractivity contribution in [2.24, 2.45) is 11.8 Å². The van der Waals surface area contributed by atoms with Crippen molar-refractivity contribution in [2.75, 3.05) is 26.2 Å². The predicted octanol–water partition coefficient (Wildman–Crippen LogP) is 0.583. The molecule has 3 fully saturated rings. The highest BCUT2D eigenvalue weighted by atomic mass is 16.2. The molecule has 1 unspecified atom stereocenters. The van der Waals surface area contributed by atoms with Crippen LogP contribution in [-0.2, 0) is 22.6 Å². The van der Waals surface area contributed by atoms with Crippen molar-refractivity contribution in [3.63, 3.8) is 0 Å². The van der Waals surface area contributed by atoms with Crippen molar-refractivity contribution < 1.29 is 9.59 Å². The molecule has 1 aromatic rings. The number of carbonyl (C=O) groups is 2. The molecule has 4 rings (SSSR count). The first kappa shape index (κ1) is 19.8. The molecule has 4 heterocycles. The summed E-state index contributed by atoms with van der Waals surface area (Å²) in [5.74, 6) is 0.545. The van der Waals surface area contributed by atoms with Gasteiger partial charge in [-0.2, -0.15) is 0 Å². The van der Waals surface area contributed by atoms with Gasteiger partial charge in [0.15, 0.2) is 0 Å². The Morgan fingerprint density at radius 3 is 2.81 bits per heavy atom. The molecule has 0 radical (unpaired) electrons. The summed E-state index contributed by atoms with van der Waals surface area (Å²) in [7, 11) is 0. The molecular formula is C19H32N6O2. The van der Waals surface area contributed by atoms with Crippen molar-refractivity contribution in [2.45, 2.75) is 58.5 Å². The largest absolute Gasteiger partial charge is 0.355 e. The topological polar surface area (TPSA) is 92.2 Å². The van der Waals surface area contributed by atoms with Gasteiger partial charge in [-0.3, -0.25) is 19.2 Å². The van der Waals surface area contributed by atoms with Gasteiger partial charge in [0.2, 0.25) is 11.8 Å². The van der Waals surface area contributed by atoms with E-state index >= 15 is 0 Å². The maximum atomic E-state index is 12.5. The Balaban J connectivity index is 1.47. The van der Waals surface area contributed by atoms with Gasteiger partial charge >= 0.3 is 0 Å². The molecule has 2 bridgehead atoms. The summed E-state index contributed by atoms with van der Waals surface area (Å²) in [5.41, 5.74) is 1.07. The van der Waals surface area contributed by atoms with Crippen molar-refractivity contribution in [1.82, 2.24) is 30.5 Å². The van der Waals surface area contributed by atoms with E-state index < -0.39 is 0 Å². The summed E-state index contributed by atoms with van der Waals surface area (Å²) < 4.78 is 1.97. The number of hydrogen-bond acceptors (Lipinski definition) is 5. The fourth-order valence-electron chi connectivity index (χ4n) is 4.30. The molecule has 3 aliphatic rings. The van der Waals surface area contributed by atoms with Gasteiger partial charge in [-0.25, -0.2) is 0 Å². The van der Waals surface area contributed by atoms with Crippen molar-refractivity contribution in [3.8, 4) is 0 Å². The third-order valence-corrected chi connectivity index (χ3v) is 5.78. The number of nitrogens with one attached hydrogen (secondary N) is 2. The zero-order valence-electron chi connectivity index (χ0n) is 16.5. The second-order valence-corrected chi connectivity index (χ2v) is 7.85. The standard InChI is InChI=1S/C19H32N6O2/c1-3-4-5-16-11-25(23-22-16)12-17-10-15-6-9-24(17)13-18(15)19(27)21-8-7-20-14(2)26/h11,15,17-18H,3-10,12-13H2,1-2H3,(H,20,26)(H,21,27)/t15-,17+,18-/m0/s1. The van der Waals surface area contributed by atoms with Crippen molar-refractivity contribution in [1.29, 1.82) is 0 Å². The third kappa shape index (κ3) is 5.28. The van der Waals surface area contributed by atoms with Crippen LogP contribution < -0.4 is 10.6 Å². The number of carbonyl (C=O) groups excluding carboxylic acids is 2. The smallest absolute Gasteiger partial charge is 0.224 e. The van der Waals surface area contributed by atoms with Crippen LogP contribution in [0.3, 0.4) is 0 Å². The molecule has 2 amide bonds. The highest BCUT2D eigenvalue weighted by Crippen LogP contribution is 2.36. The lowest BCUT2D eigenvalue weighted by Crippen LogP contribution is -2.58. The normalized spacial score (nSPS) is 26.7. The molecule has 1 aromatic heterocycles. The molecule has 0 aliphatic carbocycles. The minimum absolute atomic E-state index is 0.0585. The Labute approximate surface area is 161 Å². The van der Waals surface area contributed by atoms with E-state index in [1.807, 2.05) is 4.68 Å². The number of hydrogen-bond donors (Lipinski definition) is 2. The Kier molecular flexibility index (Phi) is 6.82. The van der Waals surface area contributed by atoms with Crippen molar-refractivity contribution in [3.05, 3.63) is 11.9 Å². The van der Waals surface area contributed by atoms with E-state index in [2.05, 4.69) is 39.0 Å². The van der Waals surface area contributed by atoms with E-state index in [4.69, 9.17) is 0 Å². The molecule has 27 heavy (non-hydrogen) atoms. The molecule has 0 spiro atoms. The number of nitrogens with zero attached hydrogens (tertiary/aromatic N) is 4. The van der Waals surface area contributed by atoms with Gasteiger partial charge in [-0.05, 0) is 38.1 Å². The van der Waals surface area contributed by atoms with Gasteiger partial charge < -0.3 is 10.6 Å². The lowest BCUT2D eigenvalue weighted by atomic mass is 9.75. The van der Waals surface area contributed by atoms with E-state index in [1.165, 1.54) is 13.3 Å². The molecule has 2 N–H and O–H groups in total. The summed E-state index contributed by atoms with van der Waals surface area (Å²) in [6.45, 7) is 7.37. The SMILES string of the molecule is CCCCc1cn(C[C@H]2C[C@@H]3CCN2C[C@@H]3C(=O)NCCNC(C)=O)nn1. The molecule has 8 nitrogen and oxygen atoms in total. The lowest BCUT2D eigenvalue weighted by molar-refractivity contribution is -0.133. The van der Waals surface area contributed by atoms with Crippen LogP contribution in [0, 0.1) is 11.8 Å². The number of aromatic nitrogens is 3. The van der Waals surface area contributed by atoms with Gasteiger partial charge in [0, 0.05) is 38.8 Å². The third-order valence-electron chi connectivity index (χ3n) is 5.78. The molecule has 3 aliphatic heterocycles. The zero-order chi connectivity index (χ0) is 19.2. The molecule has 0 saturated carbocycles. The van der Waals surface area contributed by atoms with Crippen LogP contribution in [-0.4, -0.2) is 63.9 Å². The Morgan fingerprint density at radius 2 is 2.11 bits per heavy atom. The number of piperidine rings is 3. The zero-order valence-corrected chi connectivity index (χ0v) is 16.5. The second-order valence-electron chi connectivity index (χ2n) is 7.85. The maximum Gasteiger partial charge on any atom is 0.224 e. The number of fused-ring (bicyclic) bond motifs is 3. The molecule has 8 heteroatoms. The highest BCUT2D eigenvalue weighted by molar-refractivity contribution is 5.79. The molecule has 150 valence electrons. The Morgan fingerprint density at radius 1 is 1.30 bits per heavy atom. The van der Waals surface area contributed by atoms with Crippen LogP contribution >= 0.6 is 0 Å². The van der Waals surface area contributed by atoms with Crippen LogP contribution in [0.5, 0.6) is 0 Å². The Bertz CT molecular complexity index is 646. The summed E-state index contributed by atoms with van der Waals surface area (Å²) in [6, 6.07) is 0.438. The van der Waals surface area contributed by atoms with Crippen LogP contribution in [0.15, 0.2) is 6.20 Å². The van der Waals surface area contributed by atoms with Crippen LogP contribution in [0.25, 0.3) is 0 Å². The first-order valence-electron chi connectivity index (χ1n) is 10.2. The van der Waals surface area contributed by atoms with Gasteiger partial charge in [0.05, 0.1) is 18.2 Å². The average Bonchev–Trinajstić information content (AvgIpc) is 3.11. The van der Waals surface area contributed by atoms with Crippen LogP contribution in [0.4, 0.5) is 0 Å². The number of aryl methyl sites for hydroxylation is 1. The monoisotopic (exact) mass is 376 g/mol. The van der Waals surface area contributed by atoms with Crippen LogP contribution in [0.1, 0.15) is 45.2 Å². The second kappa shape index (κ2) is 9.30. The molecule has 4 atom stereocenters. The minimum atomic E-state index is -0.0686. The van der Waals surface area contributed by atoms with E-state index in [0.717, 1.165) is 51.0 Å². The quantitative estimate of drug-likeness (QED) is 0.615. The fraction of sp³-hybridized carbons (Fsp3) is 0.789. The van der Waals surface area contributed by atoms with Gasteiger partial charge in [-0.15, -0.1) is 5.10 Å². The Hall–Kier alpha value is -1.96. The summed E-state index contributed by atoms with van der Waals surface area (Å²) in [4.78, 5) is 25.9. The minimum Gasteiger partial charge on any atom is -0.355 e. The van der Waals surface area contributed by atoms with Gasteiger partial charge in [0.1, 0.15) is 0 Å². The first-order valence-corrected chi connectivity index (χ1v) is 10.2. The molecular weight excluding hydrogens is 344 g/mol. The maximum absolute atomic E-state index is 12.5. The van der Waals surface area contributed by atoms with E-state index in [0.29, 0.717) is 25.0 Å². The predicted molar refractivity (Wildman–Crippen MR) is 102 cm³/mol. The highest BCUT2D eigenvalue weighted by Gasteiger charge is 2.43. The summed E-state index contributed by atoms with van der Waals surface area (Å²) in [6.07, 6.45) is 7.50. The lowest BCUT2D eigenvalue weighted by Gasteiger charge is -2.49. The number of rotatable bonds is 9. The van der Waals surface area contributed by atoms with Crippen LogP contribution in [0.2, 0.25) is 0 Å². The average molecular weight is 377 g/mol.